The lowest BCUT2D eigenvalue weighted by Crippen LogP contribution is -2.19. The molecule has 2 aromatic carbocycles. The summed E-state index contributed by atoms with van der Waals surface area (Å²) in [5.74, 6) is -0.489. The molecular formula is C16H11FN2OS. The summed E-state index contributed by atoms with van der Waals surface area (Å²) in [5, 5.41) is 3.19. The van der Waals surface area contributed by atoms with Crippen LogP contribution in [0.15, 0.2) is 64.5 Å². The largest absolute Gasteiger partial charge is 0.300 e. The van der Waals surface area contributed by atoms with Gasteiger partial charge in [0.2, 0.25) is 0 Å². The molecule has 1 aliphatic rings. The molecule has 104 valence electrons. The van der Waals surface area contributed by atoms with Crippen LogP contribution in [-0.2, 0) is 4.79 Å². The monoisotopic (exact) mass is 298 g/mol. The van der Waals surface area contributed by atoms with Crippen LogP contribution in [0.2, 0.25) is 0 Å². The van der Waals surface area contributed by atoms with Gasteiger partial charge in [0, 0.05) is 0 Å². The number of hydrogen-bond acceptors (Lipinski definition) is 3. The minimum atomic E-state index is -0.313. The summed E-state index contributed by atoms with van der Waals surface area (Å²) in [6.45, 7) is 0. The Labute approximate surface area is 125 Å². The fourth-order valence-electron chi connectivity index (χ4n) is 1.81. The molecule has 0 aromatic heterocycles. The molecule has 1 heterocycles. The number of thioether (sulfide) groups is 1. The van der Waals surface area contributed by atoms with Gasteiger partial charge in [-0.25, -0.2) is 9.38 Å². The molecule has 1 N–H and O–H groups in total. The Morgan fingerprint density at radius 2 is 1.76 bits per heavy atom. The average Bonchev–Trinajstić information content (AvgIpc) is 2.82. The quantitative estimate of drug-likeness (QED) is 0.859. The van der Waals surface area contributed by atoms with Crippen LogP contribution in [0.4, 0.5) is 10.1 Å². The van der Waals surface area contributed by atoms with E-state index in [9.17, 15) is 9.18 Å². The van der Waals surface area contributed by atoms with Crippen LogP contribution in [-0.4, -0.2) is 11.1 Å². The average molecular weight is 298 g/mol. The van der Waals surface area contributed by atoms with E-state index >= 15 is 0 Å². The normalized spacial score (nSPS) is 18.2. The van der Waals surface area contributed by atoms with E-state index in [0.717, 1.165) is 5.56 Å². The Morgan fingerprint density at radius 3 is 2.48 bits per heavy atom. The predicted octanol–water partition coefficient (Wildman–Crippen LogP) is 3.72. The van der Waals surface area contributed by atoms with Gasteiger partial charge in [-0.3, -0.25) is 4.79 Å². The lowest BCUT2D eigenvalue weighted by molar-refractivity contribution is -0.115. The Morgan fingerprint density at radius 1 is 1.05 bits per heavy atom. The van der Waals surface area contributed by atoms with Crippen LogP contribution in [0.3, 0.4) is 0 Å². The highest BCUT2D eigenvalue weighted by atomic mass is 32.2. The van der Waals surface area contributed by atoms with E-state index in [2.05, 4.69) is 10.3 Å². The fraction of sp³-hybridized carbons (Fsp3) is 0. The molecule has 0 saturated carbocycles. The first kappa shape index (κ1) is 13.6. The lowest BCUT2D eigenvalue weighted by atomic mass is 10.2. The van der Waals surface area contributed by atoms with Crippen molar-refractivity contribution in [3.05, 3.63) is 70.9 Å². The first-order valence-electron chi connectivity index (χ1n) is 6.31. The third kappa shape index (κ3) is 3.38. The van der Waals surface area contributed by atoms with Gasteiger partial charge < -0.3 is 5.32 Å². The smallest absolute Gasteiger partial charge is 0.264 e. The molecule has 0 bridgehead atoms. The van der Waals surface area contributed by atoms with Gasteiger partial charge in [-0.15, -0.1) is 0 Å². The number of aliphatic imine (C=N–C) groups is 1. The number of amides is 1. The van der Waals surface area contributed by atoms with E-state index in [1.807, 2.05) is 36.4 Å². The standard InChI is InChI=1S/C16H11FN2OS/c17-12-6-8-13(9-7-12)18-16-19-15(20)14(21-16)10-11-4-2-1-3-5-11/h1-10H,(H,18,19,20)/b14-10-. The molecule has 1 saturated heterocycles. The maximum Gasteiger partial charge on any atom is 0.264 e. The molecular weight excluding hydrogens is 287 g/mol. The maximum absolute atomic E-state index is 12.8. The number of benzene rings is 2. The number of amidine groups is 1. The van der Waals surface area contributed by atoms with Gasteiger partial charge in [0.1, 0.15) is 5.82 Å². The van der Waals surface area contributed by atoms with Crippen LogP contribution >= 0.6 is 11.8 Å². The van der Waals surface area contributed by atoms with Crippen LogP contribution < -0.4 is 5.32 Å². The van der Waals surface area contributed by atoms with Crippen LogP contribution in [0.25, 0.3) is 6.08 Å². The maximum atomic E-state index is 12.8. The zero-order chi connectivity index (χ0) is 14.7. The SMILES string of the molecule is O=C1NC(=Nc2ccc(F)cc2)S/C1=C\c1ccccc1. The highest BCUT2D eigenvalue weighted by Crippen LogP contribution is 2.27. The molecule has 1 aliphatic heterocycles. The second kappa shape index (κ2) is 5.93. The highest BCUT2D eigenvalue weighted by molar-refractivity contribution is 8.18. The molecule has 3 nitrogen and oxygen atoms in total. The summed E-state index contributed by atoms with van der Waals surface area (Å²) in [7, 11) is 0. The van der Waals surface area contributed by atoms with E-state index in [1.54, 1.807) is 12.1 Å². The van der Waals surface area contributed by atoms with Gasteiger partial charge in [0.25, 0.3) is 5.91 Å². The van der Waals surface area contributed by atoms with Crippen molar-refractivity contribution < 1.29 is 9.18 Å². The zero-order valence-corrected chi connectivity index (χ0v) is 11.7. The van der Waals surface area contributed by atoms with E-state index in [4.69, 9.17) is 0 Å². The predicted molar refractivity (Wildman–Crippen MR) is 83.6 cm³/mol. The second-order valence-electron chi connectivity index (χ2n) is 4.37. The summed E-state index contributed by atoms with van der Waals surface area (Å²) in [6, 6.07) is 15.4. The summed E-state index contributed by atoms with van der Waals surface area (Å²) < 4.78 is 12.8. The molecule has 21 heavy (non-hydrogen) atoms. The third-order valence-electron chi connectivity index (χ3n) is 2.81. The highest BCUT2D eigenvalue weighted by Gasteiger charge is 2.23. The Balaban J connectivity index is 1.81. The van der Waals surface area contributed by atoms with Crippen LogP contribution in [0.1, 0.15) is 5.56 Å². The van der Waals surface area contributed by atoms with Gasteiger partial charge in [-0.2, -0.15) is 0 Å². The molecule has 0 aliphatic carbocycles. The molecule has 5 heteroatoms. The first-order chi connectivity index (χ1) is 10.2. The fourth-order valence-corrected chi connectivity index (χ4v) is 2.66. The number of rotatable bonds is 2. The first-order valence-corrected chi connectivity index (χ1v) is 7.12. The van der Waals surface area contributed by atoms with Gasteiger partial charge in [0.05, 0.1) is 10.6 Å². The number of hydrogen-bond donors (Lipinski definition) is 1. The number of carbonyl (C=O) groups is 1. The van der Waals surface area contributed by atoms with Gasteiger partial charge in [0.15, 0.2) is 5.17 Å². The number of carbonyl (C=O) groups excluding carboxylic acids is 1. The number of nitrogens with one attached hydrogen (secondary N) is 1. The van der Waals surface area contributed by atoms with Gasteiger partial charge >= 0.3 is 0 Å². The number of halogens is 1. The number of nitrogens with zero attached hydrogens (tertiary/aromatic N) is 1. The topological polar surface area (TPSA) is 41.5 Å². The van der Waals surface area contributed by atoms with Crippen molar-refractivity contribution in [3.8, 4) is 0 Å². The summed E-state index contributed by atoms with van der Waals surface area (Å²) in [4.78, 5) is 16.8. The minimum Gasteiger partial charge on any atom is -0.300 e. The summed E-state index contributed by atoms with van der Waals surface area (Å²) >= 11 is 1.27. The third-order valence-corrected chi connectivity index (χ3v) is 3.72. The van der Waals surface area contributed by atoms with Gasteiger partial charge in [-0.05, 0) is 47.7 Å². The Kier molecular flexibility index (Phi) is 3.83. The van der Waals surface area contributed by atoms with E-state index in [-0.39, 0.29) is 11.7 Å². The summed E-state index contributed by atoms with van der Waals surface area (Å²) in [6.07, 6.45) is 1.81. The molecule has 1 fully saturated rings. The molecule has 0 spiro atoms. The molecule has 3 rings (SSSR count). The Hall–Kier alpha value is -2.40. The molecule has 0 radical (unpaired) electrons. The van der Waals surface area contributed by atoms with Crippen molar-refractivity contribution in [2.24, 2.45) is 4.99 Å². The van der Waals surface area contributed by atoms with E-state index in [0.29, 0.717) is 15.8 Å². The van der Waals surface area contributed by atoms with Gasteiger partial charge in [-0.1, -0.05) is 30.3 Å². The second-order valence-corrected chi connectivity index (χ2v) is 5.40. The van der Waals surface area contributed by atoms with E-state index < -0.39 is 0 Å². The van der Waals surface area contributed by atoms with Crippen molar-refractivity contribution in [1.82, 2.24) is 5.32 Å². The molecule has 0 unspecified atom stereocenters. The van der Waals surface area contributed by atoms with Crippen molar-refractivity contribution in [1.29, 1.82) is 0 Å². The van der Waals surface area contributed by atoms with Crippen molar-refractivity contribution >= 4 is 34.6 Å². The summed E-state index contributed by atoms with van der Waals surface area (Å²) in [5.41, 5.74) is 1.55. The molecule has 0 atom stereocenters. The lowest BCUT2D eigenvalue weighted by Gasteiger charge is -1.95. The Bertz CT molecular complexity index is 724. The van der Waals surface area contributed by atoms with E-state index in [1.165, 1.54) is 23.9 Å². The van der Waals surface area contributed by atoms with Crippen molar-refractivity contribution in [2.45, 2.75) is 0 Å². The molecule has 2 aromatic rings. The van der Waals surface area contributed by atoms with Crippen molar-refractivity contribution in [3.63, 3.8) is 0 Å². The van der Waals surface area contributed by atoms with Crippen LogP contribution in [0.5, 0.6) is 0 Å². The van der Waals surface area contributed by atoms with Crippen LogP contribution in [0, 0.1) is 5.82 Å². The molecule has 1 amide bonds. The minimum absolute atomic E-state index is 0.176. The zero-order valence-electron chi connectivity index (χ0n) is 10.9. The van der Waals surface area contributed by atoms with Crippen molar-refractivity contribution in [2.75, 3.05) is 0 Å².